The second kappa shape index (κ2) is 4.87. The van der Waals surface area contributed by atoms with Crippen LogP contribution < -0.4 is 4.90 Å². The third-order valence-electron chi connectivity index (χ3n) is 2.73. The molecule has 0 spiro atoms. The van der Waals surface area contributed by atoms with Gasteiger partial charge >= 0.3 is 0 Å². The minimum Gasteiger partial charge on any atom is -0.340 e. The average molecular weight is 270 g/mol. The second-order valence-corrected chi connectivity index (χ2v) is 4.06. The van der Waals surface area contributed by atoms with Crippen LogP contribution in [0.4, 0.5) is 28.9 Å². The van der Waals surface area contributed by atoms with E-state index in [0.717, 1.165) is 10.5 Å². The van der Waals surface area contributed by atoms with Crippen LogP contribution in [-0.2, 0) is 0 Å². The zero-order valence-corrected chi connectivity index (χ0v) is 10.2. The van der Waals surface area contributed by atoms with Gasteiger partial charge in [0.15, 0.2) is 0 Å². The highest BCUT2D eigenvalue weighted by Gasteiger charge is 2.24. The average Bonchev–Trinajstić information content (AvgIpc) is 2.37. The lowest BCUT2D eigenvalue weighted by Gasteiger charge is -2.20. The van der Waals surface area contributed by atoms with Gasteiger partial charge in [-0.25, -0.2) is 0 Å². The lowest BCUT2D eigenvalue weighted by atomic mass is 10.2. The highest BCUT2D eigenvalue weighted by atomic mass is 19.2. The molecular formula is C13H10F4N2. The van der Waals surface area contributed by atoms with Gasteiger partial charge in [-0.15, -0.1) is 0 Å². The zero-order chi connectivity index (χ0) is 14.2. The summed E-state index contributed by atoms with van der Waals surface area (Å²) in [5, 5.41) is 0. The Labute approximate surface area is 107 Å². The third-order valence-corrected chi connectivity index (χ3v) is 2.73. The summed E-state index contributed by atoms with van der Waals surface area (Å²) < 4.78 is 53.2. The standard InChI is InChI=1S/C13H10F4N2/c1-7-3-5-8(6-4-7)19(2)11-9(14)12(16)18-13(17)10(11)15/h3-6H,1-2H3. The molecule has 0 amide bonds. The molecule has 1 heterocycles. The molecule has 0 saturated heterocycles. The van der Waals surface area contributed by atoms with Gasteiger partial charge in [-0.3, -0.25) is 0 Å². The number of hydrogen-bond donors (Lipinski definition) is 0. The Balaban J connectivity index is 2.55. The molecule has 2 nitrogen and oxygen atoms in total. The van der Waals surface area contributed by atoms with Crippen molar-refractivity contribution in [3.63, 3.8) is 0 Å². The van der Waals surface area contributed by atoms with Crippen LogP contribution in [0.1, 0.15) is 5.56 Å². The molecule has 0 bridgehead atoms. The van der Waals surface area contributed by atoms with Crippen LogP contribution in [0.25, 0.3) is 0 Å². The molecule has 100 valence electrons. The predicted molar refractivity (Wildman–Crippen MR) is 63.3 cm³/mol. The largest absolute Gasteiger partial charge is 0.340 e. The number of nitrogens with zero attached hydrogens (tertiary/aromatic N) is 2. The van der Waals surface area contributed by atoms with Crippen molar-refractivity contribution < 1.29 is 17.6 Å². The topological polar surface area (TPSA) is 16.1 Å². The van der Waals surface area contributed by atoms with Gasteiger partial charge in [0.25, 0.3) is 11.9 Å². The molecule has 0 fully saturated rings. The number of pyridine rings is 1. The number of aryl methyl sites for hydroxylation is 1. The fourth-order valence-electron chi connectivity index (χ4n) is 1.67. The Morgan fingerprint density at radius 1 is 0.895 bits per heavy atom. The van der Waals surface area contributed by atoms with Crippen molar-refractivity contribution in [3.05, 3.63) is 53.4 Å². The smallest absolute Gasteiger partial charge is 0.253 e. The number of rotatable bonds is 2. The first-order chi connectivity index (χ1) is 8.91. The van der Waals surface area contributed by atoms with Crippen LogP contribution in [0, 0.1) is 30.5 Å². The van der Waals surface area contributed by atoms with Crippen LogP contribution >= 0.6 is 0 Å². The first-order valence-corrected chi connectivity index (χ1v) is 5.42. The molecule has 2 rings (SSSR count). The molecule has 0 aliphatic heterocycles. The molecule has 0 atom stereocenters. The summed E-state index contributed by atoms with van der Waals surface area (Å²) in [4.78, 5) is 3.54. The highest BCUT2D eigenvalue weighted by molar-refractivity contribution is 5.63. The Bertz CT molecular complexity index is 585. The summed E-state index contributed by atoms with van der Waals surface area (Å²) in [6, 6.07) is 6.61. The van der Waals surface area contributed by atoms with Crippen LogP contribution in [0.2, 0.25) is 0 Å². The minimum atomic E-state index is -1.67. The van der Waals surface area contributed by atoms with E-state index < -0.39 is 29.2 Å². The lowest BCUT2D eigenvalue weighted by molar-refractivity contribution is 0.409. The molecule has 0 saturated carbocycles. The molecule has 0 aliphatic rings. The molecule has 1 aromatic carbocycles. The Morgan fingerprint density at radius 2 is 1.37 bits per heavy atom. The van der Waals surface area contributed by atoms with Crippen molar-refractivity contribution in [1.29, 1.82) is 0 Å². The second-order valence-electron chi connectivity index (χ2n) is 4.06. The number of anilines is 2. The molecule has 6 heteroatoms. The fourth-order valence-corrected chi connectivity index (χ4v) is 1.67. The number of benzene rings is 1. The van der Waals surface area contributed by atoms with Gasteiger partial charge in [-0.05, 0) is 19.1 Å². The minimum absolute atomic E-state index is 0.397. The van der Waals surface area contributed by atoms with Gasteiger partial charge in [0.1, 0.15) is 5.69 Å². The summed E-state index contributed by atoms with van der Waals surface area (Å²) in [5.74, 6) is -6.40. The summed E-state index contributed by atoms with van der Waals surface area (Å²) in [5.41, 5.74) is 0.535. The summed E-state index contributed by atoms with van der Waals surface area (Å²) in [6.45, 7) is 1.84. The van der Waals surface area contributed by atoms with Crippen molar-refractivity contribution in [2.24, 2.45) is 0 Å². The van der Waals surface area contributed by atoms with Gasteiger partial charge < -0.3 is 4.90 Å². The normalized spacial score (nSPS) is 10.6. The van der Waals surface area contributed by atoms with E-state index in [4.69, 9.17) is 0 Å². The molecule has 0 radical (unpaired) electrons. The number of hydrogen-bond acceptors (Lipinski definition) is 2. The van der Waals surface area contributed by atoms with Gasteiger partial charge in [0.2, 0.25) is 11.6 Å². The molecule has 2 aromatic rings. The first kappa shape index (κ1) is 13.3. The summed E-state index contributed by atoms with van der Waals surface area (Å²) in [7, 11) is 1.31. The summed E-state index contributed by atoms with van der Waals surface area (Å²) in [6.07, 6.45) is 0. The van der Waals surface area contributed by atoms with E-state index in [9.17, 15) is 17.6 Å². The monoisotopic (exact) mass is 270 g/mol. The van der Waals surface area contributed by atoms with Gasteiger partial charge in [-0.2, -0.15) is 22.5 Å². The van der Waals surface area contributed by atoms with Crippen molar-refractivity contribution in [2.75, 3.05) is 11.9 Å². The van der Waals surface area contributed by atoms with Crippen LogP contribution in [0.5, 0.6) is 0 Å². The quantitative estimate of drug-likeness (QED) is 0.611. The third kappa shape index (κ3) is 2.38. The summed E-state index contributed by atoms with van der Waals surface area (Å²) >= 11 is 0. The Kier molecular flexibility index (Phi) is 3.42. The molecule has 0 N–H and O–H groups in total. The van der Waals surface area contributed by atoms with E-state index >= 15 is 0 Å². The fraction of sp³-hybridized carbons (Fsp3) is 0.154. The van der Waals surface area contributed by atoms with Crippen molar-refractivity contribution in [3.8, 4) is 0 Å². The van der Waals surface area contributed by atoms with Crippen LogP contribution in [-0.4, -0.2) is 12.0 Å². The highest BCUT2D eigenvalue weighted by Crippen LogP contribution is 2.30. The lowest BCUT2D eigenvalue weighted by Crippen LogP contribution is -2.16. The Morgan fingerprint density at radius 3 is 1.84 bits per heavy atom. The SMILES string of the molecule is Cc1ccc(N(C)c2c(F)c(F)nc(F)c2F)cc1. The number of aromatic nitrogens is 1. The van der Waals surface area contributed by atoms with Gasteiger partial charge in [-0.1, -0.05) is 17.7 Å². The van der Waals surface area contributed by atoms with Gasteiger partial charge in [0.05, 0.1) is 0 Å². The maximum atomic E-state index is 13.6. The van der Waals surface area contributed by atoms with Crippen molar-refractivity contribution >= 4 is 11.4 Å². The predicted octanol–water partition coefficient (Wildman–Crippen LogP) is 3.71. The molecule has 0 aliphatic carbocycles. The molecule has 0 unspecified atom stereocenters. The first-order valence-electron chi connectivity index (χ1n) is 5.42. The number of halogens is 4. The zero-order valence-electron chi connectivity index (χ0n) is 10.2. The maximum absolute atomic E-state index is 13.6. The van der Waals surface area contributed by atoms with E-state index in [0.29, 0.717) is 5.69 Å². The van der Waals surface area contributed by atoms with Gasteiger partial charge in [0, 0.05) is 12.7 Å². The molecule has 19 heavy (non-hydrogen) atoms. The van der Waals surface area contributed by atoms with Crippen molar-refractivity contribution in [1.82, 2.24) is 4.98 Å². The van der Waals surface area contributed by atoms with Crippen LogP contribution in [0.3, 0.4) is 0 Å². The maximum Gasteiger partial charge on any atom is 0.253 e. The van der Waals surface area contributed by atoms with E-state index in [1.54, 1.807) is 24.3 Å². The Hall–Kier alpha value is -2.11. The molecular weight excluding hydrogens is 260 g/mol. The van der Waals surface area contributed by atoms with E-state index in [1.165, 1.54) is 7.05 Å². The van der Waals surface area contributed by atoms with E-state index in [1.807, 2.05) is 6.92 Å². The van der Waals surface area contributed by atoms with E-state index in [-0.39, 0.29) is 0 Å². The van der Waals surface area contributed by atoms with E-state index in [2.05, 4.69) is 4.98 Å². The van der Waals surface area contributed by atoms with Crippen LogP contribution in [0.15, 0.2) is 24.3 Å². The molecule has 1 aromatic heterocycles. The van der Waals surface area contributed by atoms with Crippen molar-refractivity contribution in [2.45, 2.75) is 6.92 Å².